The molecule has 2 atom stereocenters. The van der Waals surface area contributed by atoms with Gasteiger partial charge in [0.25, 0.3) is 0 Å². The van der Waals surface area contributed by atoms with Gasteiger partial charge < -0.3 is 10.2 Å². The lowest BCUT2D eigenvalue weighted by molar-refractivity contribution is -0.146. The highest BCUT2D eigenvalue weighted by atomic mass is 35.5. The van der Waals surface area contributed by atoms with Gasteiger partial charge in [0.05, 0.1) is 17.5 Å². The summed E-state index contributed by atoms with van der Waals surface area (Å²) in [5.74, 6) is -1.87. The van der Waals surface area contributed by atoms with Gasteiger partial charge in [-0.1, -0.05) is 24.6 Å². The van der Waals surface area contributed by atoms with Crippen LogP contribution in [0.1, 0.15) is 25.0 Å². The minimum atomic E-state index is -1.10. The molecule has 0 aliphatic rings. The Morgan fingerprint density at radius 1 is 1.42 bits per heavy atom. The SMILES string of the molecule is CCC(C(=O)O)C(O)c1ccc(Cl)c2cccnc12. The Hall–Kier alpha value is -1.65. The molecule has 0 fully saturated rings. The molecule has 1 heterocycles. The average Bonchev–Trinajstić information content (AvgIpc) is 2.39. The summed E-state index contributed by atoms with van der Waals surface area (Å²) in [6.07, 6.45) is 0.835. The molecule has 19 heavy (non-hydrogen) atoms. The number of aromatic nitrogens is 1. The molecule has 5 heteroatoms. The van der Waals surface area contributed by atoms with Crippen LogP contribution in [0.3, 0.4) is 0 Å². The molecule has 0 aliphatic carbocycles. The first-order chi connectivity index (χ1) is 9.06. The lowest BCUT2D eigenvalue weighted by Gasteiger charge is -2.19. The van der Waals surface area contributed by atoms with E-state index in [1.54, 1.807) is 37.4 Å². The molecule has 0 spiro atoms. The highest BCUT2D eigenvalue weighted by molar-refractivity contribution is 6.35. The molecule has 0 bridgehead atoms. The maximum Gasteiger partial charge on any atom is 0.309 e. The Kier molecular flexibility index (Phi) is 4.02. The number of rotatable bonds is 4. The fourth-order valence-electron chi connectivity index (χ4n) is 2.15. The van der Waals surface area contributed by atoms with Crippen molar-refractivity contribution in [3.8, 4) is 0 Å². The van der Waals surface area contributed by atoms with Crippen LogP contribution in [0.25, 0.3) is 10.9 Å². The zero-order valence-corrected chi connectivity index (χ0v) is 11.1. The van der Waals surface area contributed by atoms with Gasteiger partial charge >= 0.3 is 5.97 Å². The van der Waals surface area contributed by atoms with Crippen molar-refractivity contribution in [3.05, 3.63) is 41.0 Å². The number of hydrogen-bond acceptors (Lipinski definition) is 3. The van der Waals surface area contributed by atoms with Crippen molar-refractivity contribution in [3.63, 3.8) is 0 Å². The van der Waals surface area contributed by atoms with Gasteiger partial charge in [0.15, 0.2) is 0 Å². The standard InChI is InChI=1S/C14H14ClNO3/c1-2-8(14(18)19)13(17)10-5-6-11(15)9-4-3-7-16-12(9)10/h3-8,13,17H,2H2,1H3,(H,18,19). The molecule has 1 aromatic carbocycles. The van der Waals surface area contributed by atoms with Gasteiger partial charge in [-0.2, -0.15) is 0 Å². The van der Waals surface area contributed by atoms with E-state index in [4.69, 9.17) is 16.7 Å². The van der Waals surface area contributed by atoms with Gasteiger partial charge in [0, 0.05) is 22.2 Å². The molecule has 0 aliphatic heterocycles. The van der Waals surface area contributed by atoms with E-state index in [0.29, 0.717) is 27.9 Å². The summed E-state index contributed by atoms with van der Waals surface area (Å²) >= 11 is 6.07. The molecule has 1 aromatic heterocycles. The van der Waals surface area contributed by atoms with Crippen LogP contribution in [0.2, 0.25) is 5.02 Å². The molecule has 0 amide bonds. The van der Waals surface area contributed by atoms with Crippen LogP contribution in [0.5, 0.6) is 0 Å². The van der Waals surface area contributed by atoms with Crippen LogP contribution < -0.4 is 0 Å². The predicted molar refractivity (Wildman–Crippen MR) is 73.1 cm³/mol. The number of carbonyl (C=O) groups is 1. The molecule has 2 rings (SSSR count). The van der Waals surface area contributed by atoms with Crippen LogP contribution in [0, 0.1) is 5.92 Å². The average molecular weight is 280 g/mol. The number of benzene rings is 1. The molecule has 0 saturated carbocycles. The summed E-state index contributed by atoms with van der Waals surface area (Å²) in [5, 5.41) is 20.6. The van der Waals surface area contributed by atoms with Gasteiger partial charge in [-0.3, -0.25) is 9.78 Å². The molecule has 4 nitrogen and oxygen atoms in total. The van der Waals surface area contributed by atoms with Gasteiger partial charge in [0.2, 0.25) is 0 Å². The van der Waals surface area contributed by atoms with E-state index in [0.717, 1.165) is 0 Å². The molecular weight excluding hydrogens is 266 g/mol. The van der Waals surface area contributed by atoms with Gasteiger partial charge in [-0.25, -0.2) is 0 Å². The number of aliphatic carboxylic acids is 1. The van der Waals surface area contributed by atoms with Crippen molar-refractivity contribution in [2.45, 2.75) is 19.4 Å². The predicted octanol–water partition coefficient (Wildman–Crippen LogP) is 3.03. The van der Waals surface area contributed by atoms with E-state index >= 15 is 0 Å². The minimum absolute atomic E-state index is 0.341. The van der Waals surface area contributed by atoms with Crippen molar-refractivity contribution >= 4 is 28.5 Å². The summed E-state index contributed by atoms with van der Waals surface area (Å²) in [4.78, 5) is 15.3. The van der Waals surface area contributed by atoms with E-state index < -0.39 is 18.0 Å². The first-order valence-corrected chi connectivity index (χ1v) is 6.38. The maximum absolute atomic E-state index is 11.1. The van der Waals surface area contributed by atoms with E-state index in [2.05, 4.69) is 4.98 Å². The van der Waals surface area contributed by atoms with E-state index in [1.807, 2.05) is 0 Å². The number of carboxylic acid groups (broad SMARTS) is 1. The first kappa shape index (κ1) is 13.8. The van der Waals surface area contributed by atoms with Crippen LogP contribution in [0.4, 0.5) is 0 Å². The molecule has 2 N–H and O–H groups in total. The fraction of sp³-hybridized carbons (Fsp3) is 0.286. The molecule has 2 unspecified atom stereocenters. The van der Waals surface area contributed by atoms with Crippen LogP contribution >= 0.6 is 11.6 Å². The smallest absolute Gasteiger partial charge is 0.309 e. The lowest BCUT2D eigenvalue weighted by Crippen LogP contribution is -2.21. The molecule has 100 valence electrons. The summed E-state index contributed by atoms with van der Waals surface area (Å²) in [5.41, 5.74) is 1.04. The highest BCUT2D eigenvalue weighted by Gasteiger charge is 2.27. The van der Waals surface area contributed by atoms with Crippen molar-refractivity contribution < 1.29 is 15.0 Å². The second kappa shape index (κ2) is 5.55. The number of aliphatic hydroxyl groups is 1. The minimum Gasteiger partial charge on any atom is -0.481 e. The van der Waals surface area contributed by atoms with Crippen LogP contribution in [0.15, 0.2) is 30.5 Å². The molecule has 0 saturated heterocycles. The number of aliphatic hydroxyl groups excluding tert-OH is 1. The third kappa shape index (κ3) is 2.55. The number of fused-ring (bicyclic) bond motifs is 1. The van der Waals surface area contributed by atoms with Gasteiger partial charge in [-0.05, 0) is 24.6 Å². The quantitative estimate of drug-likeness (QED) is 0.902. The van der Waals surface area contributed by atoms with Crippen molar-refractivity contribution in [1.29, 1.82) is 0 Å². The van der Waals surface area contributed by atoms with Crippen molar-refractivity contribution in [1.82, 2.24) is 4.98 Å². The Bertz CT molecular complexity index is 615. The van der Waals surface area contributed by atoms with Crippen LogP contribution in [-0.2, 0) is 4.79 Å². The monoisotopic (exact) mass is 279 g/mol. The van der Waals surface area contributed by atoms with Gasteiger partial charge in [0.1, 0.15) is 0 Å². The highest BCUT2D eigenvalue weighted by Crippen LogP contribution is 2.32. The van der Waals surface area contributed by atoms with E-state index in [1.165, 1.54) is 0 Å². The summed E-state index contributed by atoms with van der Waals surface area (Å²) < 4.78 is 0. The topological polar surface area (TPSA) is 70.4 Å². The Morgan fingerprint density at radius 2 is 2.16 bits per heavy atom. The van der Waals surface area contributed by atoms with E-state index in [-0.39, 0.29) is 0 Å². The second-order valence-corrected chi connectivity index (χ2v) is 4.74. The third-order valence-corrected chi connectivity index (χ3v) is 3.53. The zero-order valence-electron chi connectivity index (χ0n) is 10.4. The van der Waals surface area contributed by atoms with E-state index in [9.17, 15) is 9.90 Å². The number of hydrogen-bond donors (Lipinski definition) is 2. The molecular formula is C14H14ClNO3. The maximum atomic E-state index is 11.1. The Labute approximate surface area is 115 Å². The summed E-state index contributed by atoms with van der Waals surface area (Å²) in [6, 6.07) is 6.83. The fourth-order valence-corrected chi connectivity index (χ4v) is 2.36. The largest absolute Gasteiger partial charge is 0.481 e. The third-order valence-electron chi connectivity index (χ3n) is 3.20. The lowest BCUT2D eigenvalue weighted by atomic mass is 9.92. The Balaban J connectivity index is 2.57. The number of halogens is 1. The number of pyridine rings is 1. The normalized spacial score (nSPS) is 14.3. The number of nitrogens with zero attached hydrogens (tertiary/aromatic N) is 1. The van der Waals surface area contributed by atoms with Crippen molar-refractivity contribution in [2.75, 3.05) is 0 Å². The number of carboxylic acids is 1. The zero-order chi connectivity index (χ0) is 14.0. The summed E-state index contributed by atoms with van der Waals surface area (Å²) in [6.45, 7) is 1.73. The Morgan fingerprint density at radius 3 is 2.79 bits per heavy atom. The molecule has 0 radical (unpaired) electrons. The first-order valence-electron chi connectivity index (χ1n) is 6.00. The molecule has 2 aromatic rings. The summed E-state index contributed by atoms with van der Waals surface area (Å²) in [7, 11) is 0. The van der Waals surface area contributed by atoms with Gasteiger partial charge in [-0.15, -0.1) is 0 Å². The van der Waals surface area contributed by atoms with Crippen molar-refractivity contribution in [2.24, 2.45) is 5.92 Å². The van der Waals surface area contributed by atoms with Crippen LogP contribution in [-0.4, -0.2) is 21.2 Å². The second-order valence-electron chi connectivity index (χ2n) is 4.33.